The van der Waals surface area contributed by atoms with Gasteiger partial charge in [0.05, 0.1) is 11.4 Å². The van der Waals surface area contributed by atoms with Crippen LogP contribution in [0.5, 0.6) is 0 Å². The molecular formula is C28H27N3O2S2. The molecule has 2 N–H and O–H groups in total. The summed E-state index contributed by atoms with van der Waals surface area (Å²) in [5.74, 6) is 0.00937. The van der Waals surface area contributed by atoms with Gasteiger partial charge in [-0.3, -0.25) is 9.59 Å². The van der Waals surface area contributed by atoms with Gasteiger partial charge >= 0.3 is 0 Å². The number of nitrogens with zero attached hydrogens (tertiary/aromatic N) is 1. The van der Waals surface area contributed by atoms with Crippen LogP contribution in [-0.2, 0) is 10.2 Å². The summed E-state index contributed by atoms with van der Waals surface area (Å²) >= 11 is 2.84. The van der Waals surface area contributed by atoms with Crippen LogP contribution in [0.1, 0.15) is 36.7 Å². The van der Waals surface area contributed by atoms with Crippen LogP contribution >= 0.6 is 23.1 Å². The Morgan fingerprint density at radius 1 is 0.886 bits per heavy atom. The minimum atomic E-state index is -0.149. The van der Waals surface area contributed by atoms with E-state index in [4.69, 9.17) is 0 Å². The average molecular weight is 502 g/mol. The van der Waals surface area contributed by atoms with Crippen molar-refractivity contribution in [2.45, 2.75) is 31.1 Å². The van der Waals surface area contributed by atoms with Crippen molar-refractivity contribution < 1.29 is 9.59 Å². The Morgan fingerprint density at radius 3 is 2.23 bits per heavy atom. The summed E-state index contributed by atoms with van der Waals surface area (Å²) in [5.41, 5.74) is 4.43. The molecule has 2 amide bonds. The van der Waals surface area contributed by atoms with Crippen LogP contribution in [0.2, 0.25) is 0 Å². The van der Waals surface area contributed by atoms with E-state index in [1.807, 2.05) is 84.2 Å². The van der Waals surface area contributed by atoms with Gasteiger partial charge in [0, 0.05) is 27.1 Å². The number of rotatable bonds is 7. The second-order valence-electron chi connectivity index (χ2n) is 9.05. The first-order valence-electron chi connectivity index (χ1n) is 11.2. The lowest BCUT2D eigenvalue weighted by Gasteiger charge is -2.19. The van der Waals surface area contributed by atoms with Crippen molar-refractivity contribution in [3.63, 3.8) is 0 Å². The molecule has 0 radical (unpaired) electrons. The minimum Gasteiger partial charge on any atom is -0.322 e. The number of carbonyl (C=O) groups excluding carboxylic acids is 2. The zero-order valence-corrected chi connectivity index (χ0v) is 21.5. The fraction of sp³-hybridized carbons (Fsp3) is 0.179. The lowest BCUT2D eigenvalue weighted by atomic mass is 9.87. The van der Waals surface area contributed by atoms with Gasteiger partial charge in [0.25, 0.3) is 5.91 Å². The number of aromatic nitrogens is 1. The first-order valence-corrected chi connectivity index (χ1v) is 13.1. The van der Waals surface area contributed by atoms with E-state index in [9.17, 15) is 9.59 Å². The van der Waals surface area contributed by atoms with Crippen LogP contribution < -0.4 is 10.6 Å². The topological polar surface area (TPSA) is 71.1 Å². The quantitative estimate of drug-likeness (QED) is 0.265. The van der Waals surface area contributed by atoms with Gasteiger partial charge in [-0.2, -0.15) is 0 Å². The van der Waals surface area contributed by atoms with Gasteiger partial charge in [-0.05, 0) is 47.4 Å². The largest absolute Gasteiger partial charge is 0.322 e. The van der Waals surface area contributed by atoms with Crippen molar-refractivity contribution >= 4 is 45.7 Å². The summed E-state index contributed by atoms with van der Waals surface area (Å²) in [5, 5.41) is 8.31. The van der Waals surface area contributed by atoms with E-state index in [1.54, 1.807) is 0 Å². The van der Waals surface area contributed by atoms with E-state index in [-0.39, 0.29) is 23.0 Å². The van der Waals surface area contributed by atoms with Crippen molar-refractivity contribution in [1.82, 2.24) is 4.98 Å². The molecule has 0 aliphatic rings. The second kappa shape index (κ2) is 10.9. The first kappa shape index (κ1) is 24.7. The third-order valence-corrected chi connectivity index (χ3v) is 7.09. The smallest absolute Gasteiger partial charge is 0.255 e. The number of hydrogen-bond donors (Lipinski definition) is 2. The molecule has 1 heterocycles. The Bertz CT molecular complexity index is 1290. The van der Waals surface area contributed by atoms with Gasteiger partial charge in [-0.15, -0.1) is 23.1 Å². The van der Waals surface area contributed by atoms with Crippen LogP contribution in [0.25, 0.3) is 11.3 Å². The Labute approximate surface area is 214 Å². The Morgan fingerprint density at radius 2 is 1.57 bits per heavy atom. The minimum absolute atomic E-state index is 0.0464. The highest BCUT2D eigenvalue weighted by Crippen LogP contribution is 2.26. The monoisotopic (exact) mass is 501 g/mol. The van der Waals surface area contributed by atoms with Crippen molar-refractivity contribution in [2.24, 2.45) is 0 Å². The number of nitrogens with one attached hydrogen (secondary N) is 2. The van der Waals surface area contributed by atoms with E-state index in [0.29, 0.717) is 16.4 Å². The summed E-state index contributed by atoms with van der Waals surface area (Å²) in [4.78, 5) is 30.4. The molecule has 4 aromatic rings. The molecule has 0 fully saturated rings. The summed E-state index contributed by atoms with van der Waals surface area (Å²) < 4.78 is 0. The highest BCUT2D eigenvalue weighted by atomic mass is 32.2. The second-order valence-corrected chi connectivity index (χ2v) is 11.0. The van der Waals surface area contributed by atoms with Crippen LogP contribution in [-0.4, -0.2) is 22.6 Å². The van der Waals surface area contributed by atoms with Crippen LogP contribution in [0.15, 0.2) is 89.1 Å². The third-order valence-electron chi connectivity index (χ3n) is 5.32. The number of thioether (sulfide) groups is 1. The lowest BCUT2D eigenvalue weighted by molar-refractivity contribution is -0.113. The van der Waals surface area contributed by atoms with Crippen molar-refractivity contribution in [2.75, 3.05) is 16.4 Å². The van der Waals surface area contributed by atoms with E-state index in [2.05, 4.69) is 36.4 Å². The number of anilines is 2. The fourth-order valence-corrected chi connectivity index (χ4v) is 4.77. The summed E-state index contributed by atoms with van der Waals surface area (Å²) in [7, 11) is 0. The van der Waals surface area contributed by atoms with Gasteiger partial charge in [0.2, 0.25) is 5.91 Å². The van der Waals surface area contributed by atoms with Crippen LogP contribution in [0.4, 0.5) is 10.8 Å². The first-order chi connectivity index (χ1) is 16.8. The van der Waals surface area contributed by atoms with Crippen LogP contribution in [0.3, 0.4) is 0 Å². The van der Waals surface area contributed by atoms with Gasteiger partial charge < -0.3 is 10.6 Å². The highest BCUT2D eigenvalue weighted by molar-refractivity contribution is 8.00. The van der Waals surface area contributed by atoms with Crippen molar-refractivity contribution in [1.29, 1.82) is 0 Å². The molecule has 0 saturated carbocycles. The Hall–Kier alpha value is -3.42. The number of thiazole rings is 1. The molecular weight excluding hydrogens is 474 g/mol. The molecule has 178 valence electrons. The summed E-state index contributed by atoms with van der Waals surface area (Å²) in [6.45, 7) is 6.43. The molecule has 0 aliphatic heterocycles. The van der Waals surface area contributed by atoms with Crippen LogP contribution in [0, 0.1) is 0 Å². The maximum absolute atomic E-state index is 12.6. The zero-order valence-electron chi connectivity index (χ0n) is 19.9. The number of carbonyl (C=O) groups is 2. The molecule has 1 aromatic heterocycles. The SMILES string of the molecule is CC(C)(C)c1ccc(C(=O)Nc2ccc(SCC(=O)Nc3nc(-c4ccccc4)cs3)cc2)cc1. The molecule has 0 unspecified atom stereocenters. The molecule has 0 saturated heterocycles. The predicted octanol–water partition coefficient (Wildman–Crippen LogP) is 7.09. The van der Waals surface area contributed by atoms with Crippen molar-refractivity contribution in [3.8, 4) is 11.3 Å². The fourth-order valence-electron chi connectivity index (χ4n) is 3.34. The molecule has 7 heteroatoms. The molecule has 5 nitrogen and oxygen atoms in total. The maximum atomic E-state index is 12.6. The summed E-state index contributed by atoms with van der Waals surface area (Å²) in [6, 6.07) is 25.0. The normalized spacial score (nSPS) is 11.2. The maximum Gasteiger partial charge on any atom is 0.255 e. The Balaban J connectivity index is 1.26. The highest BCUT2D eigenvalue weighted by Gasteiger charge is 2.14. The lowest BCUT2D eigenvalue weighted by Crippen LogP contribution is -2.14. The van der Waals surface area contributed by atoms with Crippen molar-refractivity contribution in [3.05, 3.63) is 95.4 Å². The molecule has 0 aliphatic carbocycles. The standard InChI is InChI=1S/C28H27N3O2S2/c1-28(2,3)21-11-9-20(10-12-21)26(33)29-22-13-15-23(16-14-22)34-18-25(32)31-27-30-24(17-35-27)19-7-5-4-6-8-19/h4-17H,18H2,1-3H3,(H,29,33)(H,30,31,32). The van der Waals surface area contributed by atoms with Gasteiger partial charge in [-0.25, -0.2) is 4.98 Å². The third kappa shape index (κ3) is 6.81. The van der Waals surface area contributed by atoms with E-state index in [1.165, 1.54) is 28.7 Å². The number of hydrogen-bond acceptors (Lipinski definition) is 5. The average Bonchev–Trinajstić information content (AvgIpc) is 3.32. The van der Waals surface area contributed by atoms with E-state index >= 15 is 0 Å². The van der Waals surface area contributed by atoms with Gasteiger partial charge in [-0.1, -0.05) is 63.2 Å². The predicted molar refractivity (Wildman–Crippen MR) is 146 cm³/mol. The summed E-state index contributed by atoms with van der Waals surface area (Å²) in [6.07, 6.45) is 0. The zero-order chi connectivity index (χ0) is 24.8. The molecule has 4 rings (SSSR count). The molecule has 0 bridgehead atoms. The van der Waals surface area contributed by atoms with Gasteiger partial charge in [0.1, 0.15) is 0 Å². The number of benzene rings is 3. The number of amides is 2. The van der Waals surface area contributed by atoms with E-state index < -0.39 is 0 Å². The van der Waals surface area contributed by atoms with Gasteiger partial charge in [0.15, 0.2) is 5.13 Å². The molecule has 3 aromatic carbocycles. The van der Waals surface area contributed by atoms with E-state index in [0.717, 1.165) is 16.2 Å². The Kier molecular flexibility index (Phi) is 7.68. The molecule has 0 atom stereocenters. The molecule has 0 spiro atoms. The molecule has 35 heavy (non-hydrogen) atoms.